The van der Waals surface area contributed by atoms with E-state index in [2.05, 4.69) is 4.76 Å². The Bertz CT molecular complexity index is 688. The molecule has 1 aliphatic carbocycles. The lowest BCUT2D eigenvalue weighted by Crippen LogP contribution is -2.31. The zero-order valence-corrected chi connectivity index (χ0v) is 13.0. The Morgan fingerprint density at radius 3 is 2.43 bits per heavy atom. The topological polar surface area (TPSA) is 131 Å². The van der Waals surface area contributed by atoms with Crippen molar-refractivity contribution in [2.75, 3.05) is 0 Å². The van der Waals surface area contributed by atoms with Gasteiger partial charge in [-0.05, 0) is 42.7 Å². The molecule has 2 rings (SSSR count). The van der Waals surface area contributed by atoms with Crippen molar-refractivity contribution in [3.63, 3.8) is 0 Å². The highest BCUT2D eigenvalue weighted by molar-refractivity contribution is 7.50. The van der Waals surface area contributed by atoms with Gasteiger partial charge in [0, 0.05) is 0 Å². The van der Waals surface area contributed by atoms with Crippen LogP contribution in [0.15, 0.2) is 53.0 Å². The Morgan fingerprint density at radius 1 is 1.17 bits per heavy atom. The lowest BCUT2D eigenvalue weighted by atomic mass is 9.88. The highest BCUT2D eigenvalue weighted by Gasteiger charge is 2.30. The molecular formula is C15H18NO6P. The Hall–Kier alpha value is -1.92. The molecule has 1 aromatic rings. The lowest BCUT2D eigenvalue weighted by molar-refractivity contribution is 0.122. The highest BCUT2D eigenvalue weighted by atomic mass is 31.2. The van der Waals surface area contributed by atoms with E-state index in [4.69, 9.17) is 9.79 Å². The molecule has 2 unspecified atom stereocenters. The summed E-state index contributed by atoms with van der Waals surface area (Å²) in [4.78, 5) is 17.9. The van der Waals surface area contributed by atoms with Crippen molar-refractivity contribution in [2.24, 2.45) is 10.7 Å². The first kappa shape index (κ1) is 17.4. The fourth-order valence-electron chi connectivity index (χ4n) is 2.39. The minimum atomic E-state index is -4.66. The molecule has 0 bridgehead atoms. The van der Waals surface area contributed by atoms with Crippen molar-refractivity contribution < 1.29 is 29.7 Å². The van der Waals surface area contributed by atoms with Crippen LogP contribution in [0.4, 0.5) is 0 Å². The van der Waals surface area contributed by atoms with Crippen LogP contribution in [0.2, 0.25) is 0 Å². The number of hydrogen-bond donors (Lipinski definition) is 5. The average Bonchev–Trinajstić information content (AvgIpc) is 2.45. The summed E-state index contributed by atoms with van der Waals surface area (Å²) in [7, 11) is -4.66. The third-order valence-corrected chi connectivity index (χ3v) is 3.96. The maximum absolute atomic E-state index is 11.1. The van der Waals surface area contributed by atoms with Crippen LogP contribution >= 0.6 is 7.75 Å². The summed E-state index contributed by atoms with van der Waals surface area (Å²) in [5.41, 5.74) is 0.821. The SMILES string of the molecule is O=P(O)(O)N=C1C=CC=C(O)C1C(O)CCc1ccc(O)cc1. The second-order valence-corrected chi connectivity index (χ2v) is 6.47. The number of phenolic OH excluding ortho intramolecular Hbond substituents is 1. The van der Waals surface area contributed by atoms with Crippen molar-refractivity contribution in [3.8, 4) is 5.75 Å². The Labute approximate surface area is 133 Å². The summed E-state index contributed by atoms with van der Waals surface area (Å²) in [5, 5.41) is 29.5. The average molecular weight is 339 g/mol. The zero-order valence-electron chi connectivity index (χ0n) is 12.1. The second-order valence-electron chi connectivity index (χ2n) is 5.24. The number of nitrogens with zero attached hydrogens (tertiary/aromatic N) is 1. The first-order valence-corrected chi connectivity index (χ1v) is 8.51. The molecule has 0 heterocycles. The van der Waals surface area contributed by atoms with Gasteiger partial charge in [-0.1, -0.05) is 18.2 Å². The Morgan fingerprint density at radius 2 is 1.83 bits per heavy atom. The van der Waals surface area contributed by atoms with E-state index in [9.17, 15) is 19.9 Å². The molecule has 0 aromatic heterocycles. The van der Waals surface area contributed by atoms with Gasteiger partial charge in [-0.15, -0.1) is 0 Å². The maximum atomic E-state index is 11.1. The zero-order chi connectivity index (χ0) is 17.0. The van der Waals surface area contributed by atoms with Gasteiger partial charge >= 0.3 is 7.75 Å². The molecule has 0 saturated carbocycles. The molecule has 5 N–H and O–H groups in total. The van der Waals surface area contributed by atoms with Gasteiger partial charge in [0.15, 0.2) is 0 Å². The van der Waals surface area contributed by atoms with Crippen molar-refractivity contribution in [2.45, 2.75) is 18.9 Å². The van der Waals surface area contributed by atoms with E-state index in [1.807, 2.05) is 0 Å². The minimum absolute atomic E-state index is 0.0588. The van der Waals surface area contributed by atoms with Gasteiger partial charge in [-0.2, -0.15) is 4.76 Å². The largest absolute Gasteiger partial charge is 0.512 e. The number of aryl methyl sites for hydroxylation is 1. The van der Waals surface area contributed by atoms with E-state index in [0.29, 0.717) is 6.42 Å². The lowest BCUT2D eigenvalue weighted by Gasteiger charge is -2.24. The normalized spacial score (nSPS) is 21.3. The van der Waals surface area contributed by atoms with Gasteiger partial charge in [0.1, 0.15) is 11.5 Å². The predicted octanol–water partition coefficient (Wildman–Crippen LogP) is 1.85. The number of allylic oxidation sites excluding steroid dienone is 3. The smallest absolute Gasteiger partial charge is 0.448 e. The number of rotatable bonds is 5. The van der Waals surface area contributed by atoms with Crippen LogP contribution < -0.4 is 0 Å². The molecule has 23 heavy (non-hydrogen) atoms. The van der Waals surface area contributed by atoms with Gasteiger partial charge < -0.3 is 25.1 Å². The van der Waals surface area contributed by atoms with E-state index in [1.165, 1.54) is 30.4 Å². The van der Waals surface area contributed by atoms with Crippen molar-refractivity contribution in [1.82, 2.24) is 0 Å². The Kier molecular flexibility index (Phi) is 5.38. The molecule has 0 radical (unpaired) electrons. The second kappa shape index (κ2) is 7.10. The molecule has 1 aromatic carbocycles. The van der Waals surface area contributed by atoms with Gasteiger partial charge in [-0.25, -0.2) is 4.57 Å². The van der Waals surface area contributed by atoms with Gasteiger partial charge in [0.2, 0.25) is 0 Å². The van der Waals surface area contributed by atoms with Gasteiger partial charge in [-0.3, -0.25) is 0 Å². The van der Waals surface area contributed by atoms with Crippen LogP contribution in [0, 0.1) is 5.92 Å². The van der Waals surface area contributed by atoms with Crippen molar-refractivity contribution in [1.29, 1.82) is 0 Å². The standard InChI is InChI=1S/C15H18NO6P/c17-11-7-4-10(5-8-11)6-9-14(19)15-12(16-23(20,21)22)2-1-3-13(15)18/h1-5,7-8,14-15,17-19H,6,9H2,(H2,20,21,22). The molecular weight excluding hydrogens is 321 g/mol. The van der Waals surface area contributed by atoms with Crippen LogP contribution in [0.25, 0.3) is 0 Å². The van der Waals surface area contributed by atoms with Crippen LogP contribution in [0.1, 0.15) is 12.0 Å². The van der Waals surface area contributed by atoms with Crippen molar-refractivity contribution >= 4 is 13.5 Å². The summed E-state index contributed by atoms with van der Waals surface area (Å²) in [5.74, 6) is -1.04. The molecule has 0 amide bonds. The van der Waals surface area contributed by atoms with Crippen LogP contribution in [0.3, 0.4) is 0 Å². The third kappa shape index (κ3) is 5.04. The molecule has 2 atom stereocenters. The highest BCUT2D eigenvalue weighted by Crippen LogP contribution is 2.39. The molecule has 0 saturated heterocycles. The first-order chi connectivity index (χ1) is 10.8. The number of aliphatic hydroxyl groups excluding tert-OH is 2. The third-order valence-electron chi connectivity index (χ3n) is 3.47. The summed E-state index contributed by atoms with van der Waals surface area (Å²) in [6.45, 7) is 0. The van der Waals surface area contributed by atoms with E-state index in [-0.39, 0.29) is 23.6 Å². The first-order valence-electron chi connectivity index (χ1n) is 6.95. The monoisotopic (exact) mass is 339 g/mol. The van der Waals surface area contributed by atoms with E-state index in [1.54, 1.807) is 12.1 Å². The number of aromatic hydroxyl groups is 1. The minimum Gasteiger partial charge on any atom is -0.512 e. The van der Waals surface area contributed by atoms with Crippen molar-refractivity contribution in [3.05, 3.63) is 53.8 Å². The van der Waals surface area contributed by atoms with Gasteiger partial charge in [0.05, 0.1) is 17.7 Å². The van der Waals surface area contributed by atoms with E-state index in [0.717, 1.165) is 5.56 Å². The van der Waals surface area contributed by atoms with E-state index < -0.39 is 19.8 Å². The Balaban J connectivity index is 2.11. The summed E-state index contributed by atoms with van der Waals surface area (Å²) < 4.78 is 14.3. The fraction of sp³-hybridized carbons (Fsp3) is 0.267. The summed E-state index contributed by atoms with van der Waals surface area (Å²) in [6.07, 6.45) is 3.78. The molecule has 1 aliphatic rings. The fourth-order valence-corrected chi connectivity index (χ4v) is 2.88. The number of phenols is 1. The number of hydrogen-bond acceptors (Lipinski definition) is 4. The molecule has 0 aliphatic heterocycles. The summed E-state index contributed by atoms with van der Waals surface area (Å²) in [6, 6.07) is 6.48. The van der Waals surface area contributed by atoms with Gasteiger partial charge in [0.25, 0.3) is 0 Å². The summed E-state index contributed by atoms with van der Waals surface area (Å²) >= 11 is 0. The molecule has 0 fully saturated rings. The predicted molar refractivity (Wildman–Crippen MR) is 85.3 cm³/mol. The molecule has 0 spiro atoms. The van der Waals surface area contributed by atoms with Crippen LogP contribution in [-0.4, -0.2) is 36.9 Å². The quantitative estimate of drug-likeness (QED) is 0.520. The number of aliphatic hydroxyl groups is 2. The van der Waals surface area contributed by atoms with E-state index >= 15 is 0 Å². The van der Waals surface area contributed by atoms with Crippen LogP contribution in [-0.2, 0) is 11.0 Å². The number of benzene rings is 1. The molecule has 124 valence electrons. The maximum Gasteiger partial charge on any atom is 0.448 e. The molecule has 8 heteroatoms. The van der Waals surface area contributed by atoms with Crippen LogP contribution in [0.5, 0.6) is 5.75 Å². The molecule has 7 nitrogen and oxygen atoms in total.